The number of benzene rings is 1. The number of hydrogen-bond acceptors (Lipinski definition) is 4. The Bertz CT molecular complexity index is 415. The first-order valence-corrected chi connectivity index (χ1v) is 7.65. The average Bonchev–Trinajstić information content (AvgIpc) is 2.44. The average molecular weight is 278 g/mol. The molecule has 0 aromatic heterocycles. The summed E-state index contributed by atoms with van der Waals surface area (Å²) in [7, 11) is 1.71. The molecule has 4 heteroatoms. The molecule has 0 radical (unpaired) electrons. The minimum atomic E-state index is 0.772. The first kappa shape index (κ1) is 16.0. The maximum Gasteiger partial charge on any atom is 0.100 e. The summed E-state index contributed by atoms with van der Waals surface area (Å²) in [6, 6.07) is 8.43. The molecule has 0 heterocycles. The lowest BCUT2D eigenvalue weighted by molar-refractivity contribution is 0.200. The summed E-state index contributed by atoms with van der Waals surface area (Å²) >= 11 is 1.73. The number of rotatable bonds is 9. The van der Waals surface area contributed by atoms with E-state index in [9.17, 15) is 5.26 Å². The molecule has 0 bridgehead atoms. The number of thioether (sulfide) groups is 1. The van der Waals surface area contributed by atoms with Crippen LogP contribution in [0.4, 0.5) is 0 Å². The van der Waals surface area contributed by atoms with Gasteiger partial charge in [-0.25, -0.2) is 0 Å². The van der Waals surface area contributed by atoms with E-state index in [0.717, 1.165) is 48.7 Å². The second-order valence-electron chi connectivity index (χ2n) is 4.31. The van der Waals surface area contributed by atoms with Crippen LogP contribution in [0.15, 0.2) is 23.1 Å². The highest BCUT2D eigenvalue weighted by atomic mass is 32.2. The van der Waals surface area contributed by atoms with Gasteiger partial charge in [0, 0.05) is 30.9 Å². The Hall–Kier alpha value is -1.02. The van der Waals surface area contributed by atoms with Crippen molar-refractivity contribution >= 4 is 11.8 Å². The van der Waals surface area contributed by atoms with E-state index in [2.05, 4.69) is 30.4 Å². The fourth-order valence-electron chi connectivity index (χ4n) is 1.70. The van der Waals surface area contributed by atoms with Gasteiger partial charge < -0.3 is 10.1 Å². The topological polar surface area (TPSA) is 45.0 Å². The smallest absolute Gasteiger partial charge is 0.100 e. The molecule has 1 N–H and O–H groups in total. The minimum Gasteiger partial charge on any atom is -0.385 e. The van der Waals surface area contributed by atoms with E-state index in [1.54, 1.807) is 18.9 Å². The van der Waals surface area contributed by atoms with E-state index in [4.69, 9.17) is 4.74 Å². The molecule has 1 aromatic rings. The highest BCUT2D eigenvalue weighted by molar-refractivity contribution is 7.99. The molecule has 19 heavy (non-hydrogen) atoms. The van der Waals surface area contributed by atoms with Crippen LogP contribution in [-0.2, 0) is 11.3 Å². The molecule has 0 saturated carbocycles. The van der Waals surface area contributed by atoms with Crippen molar-refractivity contribution in [2.75, 3.05) is 26.0 Å². The fourth-order valence-corrected chi connectivity index (χ4v) is 2.60. The van der Waals surface area contributed by atoms with Gasteiger partial charge >= 0.3 is 0 Å². The monoisotopic (exact) mass is 278 g/mol. The van der Waals surface area contributed by atoms with Gasteiger partial charge in [-0.1, -0.05) is 13.0 Å². The minimum absolute atomic E-state index is 0.772. The lowest BCUT2D eigenvalue weighted by Crippen LogP contribution is -2.13. The molecule has 0 atom stereocenters. The number of nitriles is 1. The zero-order valence-corrected chi connectivity index (χ0v) is 12.6. The van der Waals surface area contributed by atoms with Crippen LogP contribution in [0.2, 0.25) is 0 Å². The molecule has 0 aliphatic carbocycles. The summed E-state index contributed by atoms with van der Waals surface area (Å²) < 4.78 is 5.02. The number of nitrogens with zero attached hydrogens (tertiary/aromatic N) is 1. The van der Waals surface area contributed by atoms with Gasteiger partial charge in [0.2, 0.25) is 0 Å². The number of ether oxygens (including phenoxy) is 1. The Morgan fingerprint density at radius 1 is 1.42 bits per heavy atom. The summed E-state index contributed by atoms with van der Waals surface area (Å²) in [5.41, 5.74) is 1.95. The lowest BCUT2D eigenvalue weighted by Gasteiger charge is -2.07. The largest absolute Gasteiger partial charge is 0.385 e. The SMILES string of the molecule is CCCNCc1ccc(SCCCOC)c(C#N)c1. The third kappa shape index (κ3) is 6.11. The Morgan fingerprint density at radius 3 is 2.95 bits per heavy atom. The third-order valence-corrected chi connectivity index (χ3v) is 3.83. The molecule has 1 aromatic carbocycles. The molecule has 0 spiro atoms. The quantitative estimate of drug-likeness (QED) is 0.556. The fraction of sp³-hybridized carbons (Fsp3) is 0.533. The van der Waals surface area contributed by atoms with Crippen LogP contribution in [0, 0.1) is 11.3 Å². The van der Waals surface area contributed by atoms with Crippen LogP contribution in [-0.4, -0.2) is 26.0 Å². The first-order valence-electron chi connectivity index (χ1n) is 6.67. The predicted octanol–water partition coefficient (Wildman–Crippen LogP) is 3.19. The molecule has 1 rings (SSSR count). The summed E-state index contributed by atoms with van der Waals surface area (Å²) in [4.78, 5) is 1.07. The first-order chi connectivity index (χ1) is 9.31. The molecular formula is C15H22N2OS. The molecule has 0 saturated heterocycles. The number of methoxy groups -OCH3 is 1. The van der Waals surface area contributed by atoms with Crippen molar-refractivity contribution in [2.24, 2.45) is 0 Å². The van der Waals surface area contributed by atoms with Crippen LogP contribution in [0.3, 0.4) is 0 Å². The third-order valence-electron chi connectivity index (χ3n) is 2.67. The zero-order chi connectivity index (χ0) is 13.9. The van der Waals surface area contributed by atoms with E-state index in [-0.39, 0.29) is 0 Å². The van der Waals surface area contributed by atoms with E-state index in [1.165, 1.54) is 5.56 Å². The lowest BCUT2D eigenvalue weighted by atomic mass is 10.1. The second-order valence-corrected chi connectivity index (χ2v) is 5.45. The summed E-state index contributed by atoms with van der Waals surface area (Å²) in [5, 5.41) is 12.6. The molecule has 104 valence electrons. The van der Waals surface area contributed by atoms with Crippen molar-refractivity contribution in [3.63, 3.8) is 0 Å². The van der Waals surface area contributed by atoms with Crippen molar-refractivity contribution < 1.29 is 4.74 Å². The van der Waals surface area contributed by atoms with Crippen molar-refractivity contribution in [1.82, 2.24) is 5.32 Å². The van der Waals surface area contributed by atoms with Crippen molar-refractivity contribution in [3.05, 3.63) is 29.3 Å². The van der Waals surface area contributed by atoms with Gasteiger partial charge in [-0.15, -0.1) is 11.8 Å². The molecule has 0 aliphatic rings. The van der Waals surface area contributed by atoms with Gasteiger partial charge in [-0.2, -0.15) is 5.26 Å². The highest BCUT2D eigenvalue weighted by Crippen LogP contribution is 2.24. The molecule has 0 unspecified atom stereocenters. The Balaban J connectivity index is 2.55. The predicted molar refractivity (Wildman–Crippen MR) is 80.4 cm³/mol. The standard InChI is InChI=1S/C15H22N2OS/c1-3-7-17-12-13-5-6-15(14(10-13)11-16)19-9-4-8-18-2/h5-6,10,17H,3-4,7-9,12H2,1-2H3. The van der Waals surface area contributed by atoms with Crippen LogP contribution in [0.1, 0.15) is 30.9 Å². The van der Waals surface area contributed by atoms with Crippen molar-refractivity contribution in [3.8, 4) is 6.07 Å². The van der Waals surface area contributed by atoms with Gasteiger partial charge in [0.05, 0.1) is 5.56 Å². The highest BCUT2D eigenvalue weighted by Gasteiger charge is 2.04. The van der Waals surface area contributed by atoms with Gasteiger partial charge in [-0.3, -0.25) is 0 Å². The zero-order valence-electron chi connectivity index (χ0n) is 11.7. The van der Waals surface area contributed by atoms with Gasteiger partial charge in [-0.05, 0) is 37.1 Å². The van der Waals surface area contributed by atoms with Crippen LogP contribution in [0.5, 0.6) is 0 Å². The van der Waals surface area contributed by atoms with E-state index in [0.29, 0.717) is 0 Å². The van der Waals surface area contributed by atoms with E-state index in [1.807, 2.05) is 6.07 Å². The Morgan fingerprint density at radius 2 is 2.26 bits per heavy atom. The Kier molecular flexibility index (Phi) is 8.31. The van der Waals surface area contributed by atoms with Gasteiger partial charge in [0.15, 0.2) is 0 Å². The van der Waals surface area contributed by atoms with E-state index >= 15 is 0 Å². The number of hydrogen-bond donors (Lipinski definition) is 1. The molecule has 0 aliphatic heterocycles. The molecule has 0 amide bonds. The molecule has 0 fully saturated rings. The summed E-state index contributed by atoms with van der Waals surface area (Å²) in [6.07, 6.45) is 2.13. The summed E-state index contributed by atoms with van der Waals surface area (Å²) in [5.74, 6) is 0.982. The van der Waals surface area contributed by atoms with Crippen molar-refractivity contribution in [1.29, 1.82) is 5.26 Å². The van der Waals surface area contributed by atoms with Gasteiger partial charge in [0.25, 0.3) is 0 Å². The van der Waals surface area contributed by atoms with Crippen molar-refractivity contribution in [2.45, 2.75) is 31.2 Å². The van der Waals surface area contributed by atoms with Gasteiger partial charge in [0.1, 0.15) is 6.07 Å². The summed E-state index contributed by atoms with van der Waals surface area (Å²) in [6.45, 7) is 4.76. The molecular weight excluding hydrogens is 256 g/mol. The second kappa shape index (κ2) is 9.85. The van der Waals surface area contributed by atoms with E-state index < -0.39 is 0 Å². The number of nitrogens with one attached hydrogen (secondary N) is 1. The Labute approximate surface area is 120 Å². The molecule has 3 nitrogen and oxygen atoms in total. The maximum atomic E-state index is 9.21. The van der Waals surface area contributed by atoms with Crippen LogP contribution in [0.25, 0.3) is 0 Å². The maximum absolute atomic E-state index is 9.21. The van der Waals surface area contributed by atoms with Crippen LogP contribution >= 0.6 is 11.8 Å². The van der Waals surface area contributed by atoms with Crippen LogP contribution < -0.4 is 5.32 Å². The normalized spacial score (nSPS) is 10.4.